The first-order valence-electron chi connectivity index (χ1n) is 9.43. The molecule has 1 aromatic carbocycles. The van der Waals surface area contributed by atoms with Gasteiger partial charge >= 0.3 is 12.0 Å². The molecule has 1 spiro atoms. The number of rotatable bonds is 5. The van der Waals surface area contributed by atoms with E-state index in [1.165, 1.54) is 11.1 Å². The van der Waals surface area contributed by atoms with Crippen LogP contribution in [0.5, 0.6) is 0 Å². The van der Waals surface area contributed by atoms with Crippen LogP contribution in [0.4, 0.5) is 4.79 Å². The summed E-state index contributed by atoms with van der Waals surface area (Å²) in [6, 6.07) is 5.00. The number of benzene rings is 1. The van der Waals surface area contributed by atoms with Gasteiger partial charge in [-0.1, -0.05) is 25.0 Å². The molecule has 1 aliphatic heterocycles. The number of ether oxygens (including phenoxy) is 1. The van der Waals surface area contributed by atoms with Gasteiger partial charge in [-0.05, 0) is 49.3 Å². The van der Waals surface area contributed by atoms with Crippen molar-refractivity contribution in [1.29, 1.82) is 0 Å². The zero-order chi connectivity index (χ0) is 19.0. The number of nitrogens with zero attached hydrogens (tertiary/aromatic N) is 1. The van der Waals surface area contributed by atoms with Gasteiger partial charge in [-0.15, -0.1) is 0 Å². The Bertz CT molecular complexity index is 826. The Hall–Kier alpha value is -2.70. The number of aryl methyl sites for hydroxylation is 2. The summed E-state index contributed by atoms with van der Waals surface area (Å²) < 4.78 is 5.02. The molecule has 0 aromatic heterocycles. The molecule has 0 atom stereocenters. The molecule has 0 radical (unpaired) electrons. The fourth-order valence-electron chi connectivity index (χ4n) is 4.29. The number of nitrogens with one attached hydrogen (secondary N) is 1. The van der Waals surface area contributed by atoms with Gasteiger partial charge in [0, 0.05) is 5.56 Å². The summed E-state index contributed by atoms with van der Waals surface area (Å²) in [7, 11) is 0. The van der Waals surface area contributed by atoms with Gasteiger partial charge in [0.2, 0.25) is 0 Å². The number of ketones is 1. The maximum Gasteiger partial charge on any atom is 0.326 e. The molecule has 2 fully saturated rings. The van der Waals surface area contributed by atoms with Crippen LogP contribution in [-0.4, -0.2) is 47.3 Å². The van der Waals surface area contributed by atoms with Crippen molar-refractivity contribution >= 4 is 23.7 Å². The minimum Gasteiger partial charge on any atom is -0.456 e. The van der Waals surface area contributed by atoms with Crippen molar-refractivity contribution in [3.63, 3.8) is 0 Å². The quantitative estimate of drug-likeness (QED) is 0.484. The van der Waals surface area contributed by atoms with E-state index in [1.54, 1.807) is 6.07 Å². The minimum atomic E-state index is -0.850. The smallest absolute Gasteiger partial charge is 0.326 e. The summed E-state index contributed by atoms with van der Waals surface area (Å²) >= 11 is 0. The van der Waals surface area contributed by atoms with Crippen molar-refractivity contribution in [3.05, 3.63) is 34.9 Å². The molecule has 27 heavy (non-hydrogen) atoms. The van der Waals surface area contributed by atoms with Crippen LogP contribution in [0, 0.1) is 0 Å². The topological polar surface area (TPSA) is 92.8 Å². The molecule has 1 saturated carbocycles. The SMILES string of the molecule is O=C(CN1C(=O)NC2(CCCC2)C1=O)OCC(=O)c1ccc2c(c1)CCC2. The summed E-state index contributed by atoms with van der Waals surface area (Å²) in [5.74, 6) is -1.42. The number of carbonyl (C=O) groups excluding carboxylic acids is 4. The van der Waals surface area contributed by atoms with Crippen molar-refractivity contribution in [2.45, 2.75) is 50.5 Å². The van der Waals surface area contributed by atoms with Crippen molar-refractivity contribution in [3.8, 4) is 0 Å². The Balaban J connectivity index is 1.32. The Kier molecular flexibility index (Phi) is 4.45. The minimum absolute atomic E-state index is 0.289. The number of Topliss-reactive ketones (excluding diaryl/α,β-unsaturated/α-hetero) is 1. The first-order chi connectivity index (χ1) is 13.0. The molecule has 0 unspecified atom stereocenters. The fraction of sp³-hybridized carbons (Fsp3) is 0.500. The molecule has 1 aromatic rings. The number of imide groups is 1. The van der Waals surface area contributed by atoms with E-state index >= 15 is 0 Å². The van der Waals surface area contributed by atoms with E-state index in [9.17, 15) is 19.2 Å². The van der Waals surface area contributed by atoms with Crippen LogP contribution in [-0.2, 0) is 27.2 Å². The van der Waals surface area contributed by atoms with Crippen molar-refractivity contribution in [2.24, 2.45) is 0 Å². The van der Waals surface area contributed by atoms with Crippen LogP contribution >= 0.6 is 0 Å². The third-order valence-electron chi connectivity index (χ3n) is 5.77. The number of fused-ring (bicyclic) bond motifs is 1. The molecular weight excluding hydrogens is 348 g/mol. The molecule has 3 aliphatic rings. The Morgan fingerprint density at radius 2 is 1.81 bits per heavy atom. The van der Waals surface area contributed by atoms with Crippen LogP contribution in [0.15, 0.2) is 18.2 Å². The molecule has 4 rings (SSSR count). The van der Waals surface area contributed by atoms with E-state index in [-0.39, 0.29) is 11.7 Å². The normalized spacial score (nSPS) is 20.1. The number of hydrogen-bond donors (Lipinski definition) is 1. The fourth-order valence-corrected chi connectivity index (χ4v) is 4.29. The highest BCUT2D eigenvalue weighted by molar-refractivity contribution is 6.09. The van der Waals surface area contributed by atoms with E-state index in [0.29, 0.717) is 18.4 Å². The molecule has 0 bridgehead atoms. The highest BCUT2D eigenvalue weighted by Gasteiger charge is 2.52. The van der Waals surface area contributed by atoms with Gasteiger partial charge < -0.3 is 10.1 Å². The lowest BCUT2D eigenvalue weighted by atomic mass is 9.98. The van der Waals surface area contributed by atoms with E-state index in [1.807, 2.05) is 12.1 Å². The van der Waals surface area contributed by atoms with Crippen molar-refractivity contribution in [2.75, 3.05) is 13.2 Å². The van der Waals surface area contributed by atoms with Crippen LogP contribution in [0.2, 0.25) is 0 Å². The first kappa shape index (κ1) is 17.7. The maximum atomic E-state index is 12.5. The highest BCUT2D eigenvalue weighted by Crippen LogP contribution is 2.34. The monoisotopic (exact) mass is 370 g/mol. The summed E-state index contributed by atoms with van der Waals surface area (Å²) in [6.07, 6.45) is 6.03. The van der Waals surface area contributed by atoms with Gasteiger partial charge in [0.15, 0.2) is 12.4 Å². The van der Waals surface area contributed by atoms with E-state index < -0.39 is 30.7 Å². The number of carbonyl (C=O) groups is 4. The Morgan fingerprint density at radius 1 is 1.07 bits per heavy atom. The molecule has 1 saturated heterocycles. The second-order valence-corrected chi connectivity index (χ2v) is 7.53. The average Bonchev–Trinajstić information content (AvgIpc) is 3.36. The van der Waals surface area contributed by atoms with Crippen LogP contribution in [0.25, 0.3) is 0 Å². The van der Waals surface area contributed by atoms with Gasteiger partial charge in [0.1, 0.15) is 12.1 Å². The lowest BCUT2D eigenvalue weighted by Gasteiger charge is -2.19. The van der Waals surface area contributed by atoms with Crippen LogP contribution in [0.1, 0.15) is 53.6 Å². The van der Waals surface area contributed by atoms with Gasteiger partial charge in [0.25, 0.3) is 5.91 Å². The largest absolute Gasteiger partial charge is 0.456 e. The molecule has 7 nitrogen and oxygen atoms in total. The number of hydrogen-bond acceptors (Lipinski definition) is 5. The van der Waals surface area contributed by atoms with Gasteiger partial charge in [0.05, 0.1) is 0 Å². The summed E-state index contributed by atoms with van der Waals surface area (Å²) in [4.78, 5) is 49.8. The van der Waals surface area contributed by atoms with E-state index in [0.717, 1.165) is 37.0 Å². The van der Waals surface area contributed by atoms with Gasteiger partial charge in [-0.25, -0.2) is 4.79 Å². The van der Waals surface area contributed by atoms with Gasteiger partial charge in [-0.2, -0.15) is 0 Å². The number of urea groups is 1. The third-order valence-corrected chi connectivity index (χ3v) is 5.77. The first-order valence-corrected chi connectivity index (χ1v) is 9.43. The second-order valence-electron chi connectivity index (χ2n) is 7.53. The Morgan fingerprint density at radius 3 is 2.59 bits per heavy atom. The van der Waals surface area contributed by atoms with Crippen LogP contribution in [0.3, 0.4) is 0 Å². The van der Waals surface area contributed by atoms with Gasteiger partial charge in [-0.3, -0.25) is 19.3 Å². The van der Waals surface area contributed by atoms with Crippen LogP contribution < -0.4 is 5.32 Å². The molecule has 142 valence electrons. The molecule has 7 heteroatoms. The number of esters is 1. The maximum absolute atomic E-state index is 12.5. The van der Waals surface area contributed by atoms with Crippen molar-refractivity contribution in [1.82, 2.24) is 10.2 Å². The standard InChI is InChI=1S/C20H22N2O5/c23-16(15-7-6-13-4-3-5-14(13)10-15)12-27-17(24)11-22-18(25)20(21-19(22)26)8-1-2-9-20/h6-7,10H,1-5,8-9,11-12H2,(H,21,26). The third kappa shape index (κ3) is 3.22. The average molecular weight is 370 g/mol. The summed E-state index contributed by atoms with van der Waals surface area (Å²) in [5.41, 5.74) is 2.11. The predicted octanol–water partition coefficient (Wildman–Crippen LogP) is 1.77. The lowest BCUT2D eigenvalue weighted by molar-refractivity contribution is -0.146. The predicted molar refractivity (Wildman–Crippen MR) is 95.2 cm³/mol. The zero-order valence-corrected chi connectivity index (χ0v) is 15.1. The summed E-state index contributed by atoms with van der Waals surface area (Å²) in [6.45, 7) is -0.865. The molecule has 3 amide bonds. The molecule has 1 heterocycles. The van der Waals surface area contributed by atoms with Crippen molar-refractivity contribution < 1.29 is 23.9 Å². The molecular formula is C20H22N2O5. The number of amides is 3. The molecule has 1 N–H and O–H groups in total. The highest BCUT2D eigenvalue weighted by atomic mass is 16.5. The Labute approximate surface area is 157 Å². The summed E-state index contributed by atoms with van der Waals surface area (Å²) in [5, 5.41) is 2.71. The molecule has 2 aliphatic carbocycles. The zero-order valence-electron chi connectivity index (χ0n) is 15.1. The second kappa shape index (κ2) is 6.79. The van der Waals surface area contributed by atoms with E-state index in [2.05, 4.69) is 5.32 Å². The van der Waals surface area contributed by atoms with E-state index in [4.69, 9.17) is 4.74 Å². The lowest BCUT2D eigenvalue weighted by Crippen LogP contribution is -2.44.